The van der Waals surface area contributed by atoms with Crippen LogP contribution in [0.3, 0.4) is 0 Å². The maximum Gasteiger partial charge on any atom is 0.171 e. The Hall–Kier alpha value is -0.860. The smallest absolute Gasteiger partial charge is 0.171 e. The van der Waals surface area contributed by atoms with E-state index in [0.717, 1.165) is 51.4 Å². The van der Waals surface area contributed by atoms with Gasteiger partial charge in [0.2, 0.25) is 0 Å². The van der Waals surface area contributed by atoms with Crippen LogP contribution in [0.5, 0.6) is 0 Å². The predicted octanol–water partition coefficient (Wildman–Crippen LogP) is 3.33. The summed E-state index contributed by atoms with van der Waals surface area (Å²) in [7, 11) is 0. The maximum absolute atomic E-state index is 11.3. The zero-order valence-electron chi connectivity index (χ0n) is 16.5. The fourth-order valence-corrected chi connectivity index (χ4v) is 7.76. The van der Waals surface area contributed by atoms with E-state index in [1.165, 1.54) is 5.57 Å². The van der Waals surface area contributed by atoms with Crippen molar-refractivity contribution in [2.24, 2.45) is 17.3 Å². The molecule has 146 valence electrons. The van der Waals surface area contributed by atoms with Crippen LogP contribution in [0.1, 0.15) is 65.2 Å². The number of ether oxygens (including phenoxy) is 3. The van der Waals surface area contributed by atoms with Crippen LogP contribution in [0.25, 0.3) is 0 Å². The summed E-state index contributed by atoms with van der Waals surface area (Å²) in [5, 5.41) is 11.3. The first-order valence-electron chi connectivity index (χ1n) is 10.8. The highest BCUT2D eigenvalue weighted by Gasteiger charge is 2.79. The van der Waals surface area contributed by atoms with Crippen LogP contribution < -0.4 is 0 Å². The quantitative estimate of drug-likeness (QED) is 0.404. The van der Waals surface area contributed by atoms with Crippen molar-refractivity contribution in [3.05, 3.63) is 11.6 Å². The van der Waals surface area contributed by atoms with Gasteiger partial charge in [-0.1, -0.05) is 18.9 Å². The van der Waals surface area contributed by atoms with E-state index in [1.54, 1.807) is 0 Å². The van der Waals surface area contributed by atoms with Crippen LogP contribution in [0.2, 0.25) is 0 Å². The molecule has 0 aromatic rings. The Labute approximate surface area is 161 Å². The molecule has 27 heavy (non-hydrogen) atoms. The molecule has 3 saturated carbocycles. The lowest BCUT2D eigenvalue weighted by molar-refractivity contribution is -0.185. The average molecular weight is 370 g/mol. The minimum Gasteiger partial charge on any atom is -0.377 e. The normalized spacial score (nSPS) is 54.1. The molecule has 1 spiro atoms. The van der Waals surface area contributed by atoms with E-state index in [4.69, 9.17) is 14.2 Å². The third-order valence-electron chi connectivity index (χ3n) is 9.16. The van der Waals surface area contributed by atoms with Crippen molar-refractivity contribution in [2.45, 2.75) is 87.8 Å². The van der Waals surface area contributed by atoms with Crippen molar-refractivity contribution < 1.29 is 19.3 Å². The zero-order chi connectivity index (χ0) is 18.5. The Morgan fingerprint density at radius 2 is 1.93 bits per heavy atom. The van der Waals surface area contributed by atoms with Crippen LogP contribution in [-0.2, 0) is 14.2 Å². The Morgan fingerprint density at radius 1 is 1.11 bits per heavy atom. The van der Waals surface area contributed by atoms with Crippen molar-refractivity contribution in [1.29, 1.82) is 0 Å². The molecule has 1 N–H and O–H groups in total. The van der Waals surface area contributed by atoms with Gasteiger partial charge in [-0.15, -0.1) is 5.92 Å². The highest BCUT2D eigenvalue weighted by atomic mass is 16.7. The van der Waals surface area contributed by atoms with Crippen molar-refractivity contribution in [1.82, 2.24) is 0 Å². The van der Waals surface area contributed by atoms with Crippen LogP contribution >= 0.6 is 0 Å². The Balaban J connectivity index is 1.35. The fraction of sp³-hybridized carbons (Fsp3) is 0.826. The van der Waals surface area contributed by atoms with E-state index >= 15 is 0 Å². The number of epoxide rings is 1. The van der Waals surface area contributed by atoms with Crippen LogP contribution in [0.15, 0.2) is 11.6 Å². The minimum atomic E-state index is -0.840. The van der Waals surface area contributed by atoms with Crippen molar-refractivity contribution in [2.75, 3.05) is 13.2 Å². The van der Waals surface area contributed by atoms with Crippen LogP contribution in [0, 0.1) is 29.1 Å². The summed E-state index contributed by atoms with van der Waals surface area (Å²) >= 11 is 0. The van der Waals surface area contributed by atoms with Crippen molar-refractivity contribution >= 4 is 0 Å². The van der Waals surface area contributed by atoms with Gasteiger partial charge in [-0.3, -0.25) is 0 Å². The van der Waals surface area contributed by atoms with E-state index in [-0.39, 0.29) is 22.4 Å². The van der Waals surface area contributed by atoms with Gasteiger partial charge in [0.25, 0.3) is 0 Å². The van der Waals surface area contributed by atoms with Gasteiger partial charge < -0.3 is 19.3 Å². The number of hydrogen-bond donors (Lipinski definition) is 1. The molecule has 5 fully saturated rings. The zero-order valence-corrected chi connectivity index (χ0v) is 16.5. The summed E-state index contributed by atoms with van der Waals surface area (Å²) in [6, 6.07) is 0. The SMILES string of the molecule is CC#C[C@@]1(O)CC[C@H]2[C@@H]3CC[C@]45CC6(CC[C@]4(O5)C3=CC[C@@]21C)OCCO6. The lowest BCUT2D eigenvalue weighted by atomic mass is 9.53. The van der Waals surface area contributed by atoms with Crippen LogP contribution in [-0.4, -0.2) is 40.9 Å². The largest absolute Gasteiger partial charge is 0.377 e. The fourth-order valence-electron chi connectivity index (χ4n) is 7.76. The highest BCUT2D eigenvalue weighted by molar-refractivity contribution is 5.44. The third kappa shape index (κ3) is 1.86. The first-order chi connectivity index (χ1) is 12.9. The Kier molecular flexibility index (Phi) is 3.15. The molecule has 0 aromatic carbocycles. The standard InChI is InChI=1S/C23H30O4/c1-3-7-20(24)9-6-17-16-4-10-21-15-22(25-13-14-26-22)11-12-23(21,27-21)18(16)5-8-19(17,20)2/h5,16-17,24H,4,6,8-15H2,1-2H3/t16-,17-,19-,20+,21-,23-/m0/s1. The van der Waals surface area contributed by atoms with Crippen molar-refractivity contribution in [3.8, 4) is 11.8 Å². The average Bonchev–Trinajstić information content (AvgIpc) is 2.99. The molecule has 4 heteroatoms. The van der Waals surface area contributed by atoms with Gasteiger partial charge in [-0.25, -0.2) is 0 Å². The van der Waals surface area contributed by atoms with E-state index < -0.39 is 5.60 Å². The van der Waals surface area contributed by atoms with Gasteiger partial charge in [0.05, 0.1) is 13.2 Å². The summed E-state index contributed by atoms with van der Waals surface area (Å²) in [6.07, 6.45) is 10.3. The molecular weight excluding hydrogens is 340 g/mol. The first-order valence-corrected chi connectivity index (χ1v) is 10.8. The molecule has 6 rings (SSSR count). The monoisotopic (exact) mass is 370 g/mol. The molecule has 0 amide bonds. The molecule has 4 aliphatic carbocycles. The Bertz CT molecular complexity index is 786. The molecular formula is C23H30O4. The first kappa shape index (κ1) is 17.0. The van der Waals surface area contributed by atoms with Crippen molar-refractivity contribution in [3.63, 3.8) is 0 Å². The number of allylic oxidation sites excluding steroid dienone is 1. The molecule has 2 aliphatic heterocycles. The molecule has 0 unspecified atom stereocenters. The van der Waals surface area contributed by atoms with Gasteiger partial charge in [0.15, 0.2) is 5.79 Å². The number of hydrogen-bond acceptors (Lipinski definition) is 4. The van der Waals surface area contributed by atoms with Crippen LogP contribution in [0.4, 0.5) is 0 Å². The maximum atomic E-state index is 11.3. The van der Waals surface area contributed by atoms with Gasteiger partial charge in [-0.05, 0) is 62.9 Å². The number of aliphatic hydroxyl groups is 1. The molecule has 6 aliphatic rings. The molecule has 0 bridgehead atoms. The van der Waals surface area contributed by atoms with E-state index in [1.807, 2.05) is 6.92 Å². The molecule has 6 atom stereocenters. The summed E-state index contributed by atoms with van der Waals surface area (Å²) in [5.74, 6) is 6.83. The number of rotatable bonds is 0. The number of fused-ring (bicyclic) bond motifs is 3. The summed E-state index contributed by atoms with van der Waals surface area (Å²) in [4.78, 5) is 0. The summed E-state index contributed by atoms with van der Waals surface area (Å²) in [6.45, 7) is 5.54. The molecule has 4 nitrogen and oxygen atoms in total. The van der Waals surface area contributed by atoms with Gasteiger partial charge in [0.1, 0.15) is 16.8 Å². The lowest BCUT2D eigenvalue weighted by Crippen LogP contribution is -2.53. The predicted molar refractivity (Wildman–Crippen MR) is 99.7 cm³/mol. The second-order valence-corrected chi connectivity index (χ2v) is 10.0. The Morgan fingerprint density at radius 3 is 2.70 bits per heavy atom. The third-order valence-corrected chi connectivity index (χ3v) is 9.16. The molecule has 2 heterocycles. The van der Waals surface area contributed by atoms with E-state index in [2.05, 4.69) is 24.8 Å². The molecule has 2 saturated heterocycles. The minimum absolute atomic E-state index is 0.0657. The highest BCUT2D eigenvalue weighted by Crippen LogP contribution is 2.74. The second kappa shape index (κ2) is 5.00. The lowest BCUT2D eigenvalue weighted by Gasteiger charge is -2.51. The summed E-state index contributed by atoms with van der Waals surface area (Å²) in [5.41, 5.74) is 0.424. The van der Waals surface area contributed by atoms with E-state index in [9.17, 15) is 5.11 Å². The summed E-state index contributed by atoms with van der Waals surface area (Å²) < 4.78 is 18.7. The molecule has 0 radical (unpaired) electrons. The van der Waals surface area contributed by atoms with Gasteiger partial charge in [0, 0.05) is 18.3 Å². The second-order valence-electron chi connectivity index (χ2n) is 10.0. The topological polar surface area (TPSA) is 51.2 Å². The van der Waals surface area contributed by atoms with E-state index in [0.29, 0.717) is 25.0 Å². The van der Waals surface area contributed by atoms with Gasteiger partial charge in [-0.2, -0.15) is 0 Å². The molecule has 0 aromatic heterocycles. The van der Waals surface area contributed by atoms with Gasteiger partial charge >= 0.3 is 0 Å².